The van der Waals surface area contributed by atoms with E-state index in [2.05, 4.69) is 5.32 Å². The number of aryl methyl sites for hydroxylation is 1. The molecular formula is C12H17NO3S. The van der Waals surface area contributed by atoms with Crippen LogP contribution in [0.15, 0.2) is 11.4 Å². The van der Waals surface area contributed by atoms with Gasteiger partial charge in [-0.1, -0.05) is 13.3 Å². The normalized spacial score (nSPS) is 12.1. The molecule has 94 valence electrons. The predicted octanol–water partition coefficient (Wildman–Crippen LogP) is 2.43. The molecule has 0 saturated carbocycles. The lowest BCUT2D eigenvalue weighted by Gasteiger charge is -2.15. The van der Waals surface area contributed by atoms with Gasteiger partial charge < -0.3 is 10.4 Å². The van der Waals surface area contributed by atoms with Crippen molar-refractivity contribution in [3.63, 3.8) is 0 Å². The summed E-state index contributed by atoms with van der Waals surface area (Å²) in [4.78, 5) is 23.2. The Morgan fingerprint density at radius 3 is 2.71 bits per heavy atom. The van der Waals surface area contributed by atoms with Crippen molar-refractivity contribution in [2.45, 2.75) is 39.2 Å². The fraction of sp³-hybridized carbons (Fsp3) is 0.500. The molecule has 1 heterocycles. The van der Waals surface area contributed by atoms with E-state index < -0.39 is 5.97 Å². The summed E-state index contributed by atoms with van der Waals surface area (Å²) >= 11 is 1.38. The largest absolute Gasteiger partial charge is 0.481 e. The molecule has 0 aliphatic carbocycles. The van der Waals surface area contributed by atoms with E-state index >= 15 is 0 Å². The maximum absolute atomic E-state index is 11.9. The zero-order chi connectivity index (χ0) is 12.8. The molecular weight excluding hydrogens is 238 g/mol. The van der Waals surface area contributed by atoms with Gasteiger partial charge in [-0.05, 0) is 30.4 Å². The van der Waals surface area contributed by atoms with Gasteiger partial charge in [-0.15, -0.1) is 11.3 Å². The van der Waals surface area contributed by atoms with E-state index in [1.54, 1.807) is 0 Å². The van der Waals surface area contributed by atoms with Crippen LogP contribution < -0.4 is 5.32 Å². The van der Waals surface area contributed by atoms with Crippen LogP contribution in [0.4, 0.5) is 0 Å². The van der Waals surface area contributed by atoms with Gasteiger partial charge in [-0.3, -0.25) is 9.59 Å². The van der Waals surface area contributed by atoms with Crippen molar-refractivity contribution in [1.29, 1.82) is 0 Å². The third-order valence-corrected chi connectivity index (χ3v) is 3.48. The molecule has 0 aromatic carbocycles. The lowest BCUT2D eigenvalue weighted by Crippen LogP contribution is -2.36. The van der Waals surface area contributed by atoms with Crippen molar-refractivity contribution in [2.24, 2.45) is 0 Å². The van der Waals surface area contributed by atoms with Crippen LogP contribution in [0.5, 0.6) is 0 Å². The average Bonchev–Trinajstić information content (AvgIpc) is 2.63. The first-order valence-electron chi connectivity index (χ1n) is 5.61. The number of amides is 1. The molecule has 17 heavy (non-hydrogen) atoms. The minimum Gasteiger partial charge on any atom is -0.481 e. The summed E-state index contributed by atoms with van der Waals surface area (Å²) in [5, 5.41) is 13.4. The fourth-order valence-electron chi connectivity index (χ4n) is 1.64. The number of hydrogen-bond donors (Lipinski definition) is 2. The highest BCUT2D eigenvalue weighted by Gasteiger charge is 2.17. The van der Waals surface area contributed by atoms with Gasteiger partial charge in [-0.2, -0.15) is 0 Å². The van der Waals surface area contributed by atoms with E-state index in [0.717, 1.165) is 12.0 Å². The molecule has 0 spiro atoms. The van der Waals surface area contributed by atoms with Crippen molar-refractivity contribution in [1.82, 2.24) is 5.32 Å². The maximum atomic E-state index is 11.9. The van der Waals surface area contributed by atoms with E-state index in [4.69, 9.17) is 5.11 Å². The van der Waals surface area contributed by atoms with Gasteiger partial charge in [-0.25, -0.2) is 0 Å². The Labute approximate surface area is 105 Å². The molecule has 2 N–H and O–H groups in total. The van der Waals surface area contributed by atoms with Crippen LogP contribution in [0, 0.1) is 6.92 Å². The Kier molecular flexibility index (Phi) is 5.15. The van der Waals surface area contributed by atoms with E-state index in [1.807, 2.05) is 25.3 Å². The van der Waals surface area contributed by atoms with Crippen molar-refractivity contribution < 1.29 is 14.7 Å². The average molecular weight is 255 g/mol. The Morgan fingerprint density at radius 2 is 2.24 bits per heavy atom. The first kappa shape index (κ1) is 13.7. The summed E-state index contributed by atoms with van der Waals surface area (Å²) < 4.78 is 0. The molecule has 0 aliphatic rings. The van der Waals surface area contributed by atoms with E-state index in [-0.39, 0.29) is 18.4 Å². The number of nitrogens with one attached hydrogen (secondary N) is 1. The first-order chi connectivity index (χ1) is 8.04. The summed E-state index contributed by atoms with van der Waals surface area (Å²) in [6.07, 6.45) is 1.51. The van der Waals surface area contributed by atoms with Gasteiger partial charge in [0.1, 0.15) is 0 Å². The van der Waals surface area contributed by atoms with Gasteiger partial charge in [0.25, 0.3) is 5.91 Å². The summed E-state index contributed by atoms with van der Waals surface area (Å²) in [7, 11) is 0. The highest BCUT2D eigenvalue weighted by atomic mass is 32.1. The Bertz CT molecular complexity index is 400. The summed E-state index contributed by atoms with van der Waals surface area (Å²) in [6, 6.07) is 1.59. The van der Waals surface area contributed by atoms with Crippen molar-refractivity contribution >= 4 is 23.2 Å². The van der Waals surface area contributed by atoms with Crippen LogP contribution in [-0.4, -0.2) is 23.0 Å². The zero-order valence-electron chi connectivity index (χ0n) is 10.0. The van der Waals surface area contributed by atoms with Crippen molar-refractivity contribution in [3.05, 3.63) is 21.9 Å². The molecule has 0 aliphatic heterocycles. The molecule has 0 fully saturated rings. The molecule has 0 bridgehead atoms. The highest BCUT2D eigenvalue weighted by molar-refractivity contribution is 7.12. The third-order valence-electron chi connectivity index (χ3n) is 2.46. The van der Waals surface area contributed by atoms with E-state index in [0.29, 0.717) is 11.3 Å². The lowest BCUT2D eigenvalue weighted by molar-refractivity contribution is -0.137. The van der Waals surface area contributed by atoms with E-state index in [1.165, 1.54) is 11.3 Å². The minimum absolute atomic E-state index is 0.0238. The molecule has 1 unspecified atom stereocenters. The summed E-state index contributed by atoms with van der Waals surface area (Å²) in [5.74, 6) is -1.05. The van der Waals surface area contributed by atoms with Crippen LogP contribution in [-0.2, 0) is 4.79 Å². The van der Waals surface area contributed by atoms with Gasteiger partial charge in [0.2, 0.25) is 0 Å². The molecule has 1 atom stereocenters. The number of carboxylic acids is 1. The van der Waals surface area contributed by atoms with Crippen molar-refractivity contribution in [2.75, 3.05) is 0 Å². The molecule has 1 aromatic heterocycles. The zero-order valence-corrected chi connectivity index (χ0v) is 10.8. The molecule has 5 heteroatoms. The van der Waals surface area contributed by atoms with Crippen LogP contribution in [0.3, 0.4) is 0 Å². The summed E-state index contributed by atoms with van der Waals surface area (Å²) in [5.41, 5.74) is 0.929. The Hall–Kier alpha value is -1.36. The number of rotatable bonds is 6. The van der Waals surface area contributed by atoms with Crippen LogP contribution in [0.1, 0.15) is 41.4 Å². The Morgan fingerprint density at radius 1 is 1.53 bits per heavy atom. The smallest absolute Gasteiger partial charge is 0.305 e. The lowest BCUT2D eigenvalue weighted by atomic mass is 10.1. The van der Waals surface area contributed by atoms with Crippen LogP contribution >= 0.6 is 11.3 Å². The second-order valence-electron chi connectivity index (χ2n) is 3.99. The molecule has 0 saturated heterocycles. The first-order valence-corrected chi connectivity index (χ1v) is 6.49. The number of aliphatic carboxylic acids is 1. The topological polar surface area (TPSA) is 66.4 Å². The molecule has 0 radical (unpaired) electrons. The predicted molar refractivity (Wildman–Crippen MR) is 67.5 cm³/mol. The number of hydrogen-bond acceptors (Lipinski definition) is 3. The number of thiophene rings is 1. The highest BCUT2D eigenvalue weighted by Crippen LogP contribution is 2.16. The number of carboxylic acid groups (broad SMARTS) is 1. The van der Waals surface area contributed by atoms with Gasteiger partial charge in [0, 0.05) is 6.04 Å². The summed E-state index contributed by atoms with van der Waals surface area (Å²) in [6.45, 7) is 3.84. The van der Waals surface area contributed by atoms with Crippen LogP contribution in [0.25, 0.3) is 0 Å². The number of carbonyl (C=O) groups excluding carboxylic acids is 1. The molecule has 1 amide bonds. The third kappa shape index (κ3) is 4.19. The second kappa shape index (κ2) is 6.39. The maximum Gasteiger partial charge on any atom is 0.305 e. The quantitative estimate of drug-likeness (QED) is 0.820. The van der Waals surface area contributed by atoms with Crippen molar-refractivity contribution in [3.8, 4) is 0 Å². The minimum atomic E-state index is -0.883. The SMILES string of the molecule is CCCC(CC(=O)O)NC(=O)c1sccc1C. The Balaban J connectivity index is 2.64. The van der Waals surface area contributed by atoms with E-state index in [9.17, 15) is 9.59 Å². The molecule has 1 aromatic rings. The second-order valence-corrected chi connectivity index (χ2v) is 4.91. The molecule has 4 nitrogen and oxygen atoms in total. The number of carbonyl (C=O) groups is 2. The standard InChI is InChI=1S/C12H17NO3S/c1-3-4-9(7-10(14)15)13-12(16)11-8(2)5-6-17-11/h5-6,9H,3-4,7H2,1-2H3,(H,13,16)(H,14,15). The monoisotopic (exact) mass is 255 g/mol. The fourth-order valence-corrected chi connectivity index (χ4v) is 2.47. The van der Waals surface area contributed by atoms with Gasteiger partial charge in [0.05, 0.1) is 11.3 Å². The van der Waals surface area contributed by atoms with Crippen LogP contribution in [0.2, 0.25) is 0 Å². The van der Waals surface area contributed by atoms with Gasteiger partial charge in [0.15, 0.2) is 0 Å². The molecule has 1 rings (SSSR count). The van der Waals surface area contributed by atoms with Gasteiger partial charge >= 0.3 is 5.97 Å².